The summed E-state index contributed by atoms with van der Waals surface area (Å²) in [5.41, 5.74) is -0.209. The minimum atomic E-state index is -0.624. The van der Waals surface area contributed by atoms with Gasteiger partial charge < -0.3 is 10.2 Å². The fourth-order valence-electron chi connectivity index (χ4n) is 10.7. The molecular formula is C30H46O4. The molecule has 4 fully saturated rings. The van der Waals surface area contributed by atoms with Crippen molar-refractivity contribution in [2.75, 3.05) is 0 Å². The van der Waals surface area contributed by atoms with Crippen LogP contribution in [-0.2, 0) is 9.59 Å². The number of aliphatic hydroxyl groups is 1. The molecule has 0 saturated heterocycles. The van der Waals surface area contributed by atoms with Gasteiger partial charge in [-0.05, 0) is 116 Å². The third-order valence-electron chi connectivity index (χ3n) is 13.6. The summed E-state index contributed by atoms with van der Waals surface area (Å²) in [6.07, 6.45) is 11.3. The van der Waals surface area contributed by atoms with E-state index in [0.717, 1.165) is 44.9 Å². The fraction of sp³-hybridized carbons (Fsp3) is 0.867. The summed E-state index contributed by atoms with van der Waals surface area (Å²) in [6.45, 7) is 16.2. The molecule has 0 amide bonds. The van der Waals surface area contributed by atoms with Gasteiger partial charge in [0, 0.05) is 5.92 Å². The second kappa shape index (κ2) is 6.91. The summed E-state index contributed by atoms with van der Waals surface area (Å²) < 4.78 is 0. The third kappa shape index (κ3) is 2.72. The summed E-state index contributed by atoms with van der Waals surface area (Å²) in [7, 11) is 0. The highest BCUT2D eigenvalue weighted by molar-refractivity contribution is 5.96. The van der Waals surface area contributed by atoms with Crippen LogP contribution >= 0.6 is 0 Å². The number of hydrogen-bond donors (Lipinski definition) is 2. The molecule has 4 heteroatoms. The molecule has 0 aliphatic heterocycles. The summed E-state index contributed by atoms with van der Waals surface area (Å²) in [6, 6.07) is 0. The molecule has 10 atom stereocenters. The van der Waals surface area contributed by atoms with Crippen LogP contribution in [0.2, 0.25) is 0 Å². The highest BCUT2D eigenvalue weighted by atomic mass is 16.4. The molecule has 5 aliphatic rings. The van der Waals surface area contributed by atoms with E-state index in [1.165, 1.54) is 12.8 Å². The van der Waals surface area contributed by atoms with Gasteiger partial charge >= 0.3 is 5.97 Å². The molecule has 0 aromatic rings. The largest absolute Gasteiger partial charge is 0.505 e. The van der Waals surface area contributed by atoms with Gasteiger partial charge in [0.05, 0.1) is 5.41 Å². The van der Waals surface area contributed by atoms with E-state index in [2.05, 4.69) is 34.6 Å². The molecule has 5 rings (SSSR count). The van der Waals surface area contributed by atoms with E-state index in [-0.39, 0.29) is 50.5 Å². The quantitative estimate of drug-likeness (QED) is 0.425. The Balaban J connectivity index is 1.58. The van der Waals surface area contributed by atoms with Crippen LogP contribution in [0.5, 0.6) is 0 Å². The first kappa shape index (κ1) is 24.4. The van der Waals surface area contributed by atoms with Crippen molar-refractivity contribution in [1.82, 2.24) is 0 Å². The van der Waals surface area contributed by atoms with Crippen LogP contribution in [0.1, 0.15) is 106 Å². The average molecular weight is 471 g/mol. The zero-order chi connectivity index (χ0) is 25.1. The third-order valence-corrected chi connectivity index (χ3v) is 13.6. The van der Waals surface area contributed by atoms with Crippen molar-refractivity contribution in [2.45, 2.75) is 106 Å². The Morgan fingerprint density at radius 2 is 1.44 bits per heavy atom. The molecule has 4 saturated carbocycles. The molecule has 190 valence electrons. The first-order valence-electron chi connectivity index (χ1n) is 13.8. The maximum absolute atomic E-state index is 12.7. The minimum Gasteiger partial charge on any atom is -0.505 e. The van der Waals surface area contributed by atoms with E-state index in [0.29, 0.717) is 11.8 Å². The van der Waals surface area contributed by atoms with Crippen LogP contribution in [0.25, 0.3) is 0 Å². The monoisotopic (exact) mass is 470 g/mol. The van der Waals surface area contributed by atoms with Crippen molar-refractivity contribution >= 4 is 11.8 Å². The van der Waals surface area contributed by atoms with Gasteiger partial charge in [-0.15, -0.1) is 0 Å². The van der Waals surface area contributed by atoms with Gasteiger partial charge in [0.1, 0.15) is 0 Å². The lowest BCUT2D eigenvalue weighted by Crippen LogP contribution is -2.67. The number of carboxylic acids is 1. The number of ketones is 1. The van der Waals surface area contributed by atoms with Gasteiger partial charge in [0.25, 0.3) is 0 Å². The highest BCUT2D eigenvalue weighted by Gasteiger charge is 2.71. The second-order valence-corrected chi connectivity index (χ2v) is 14.8. The summed E-state index contributed by atoms with van der Waals surface area (Å²) in [4.78, 5) is 25.0. The Hall–Kier alpha value is -1.32. The van der Waals surface area contributed by atoms with E-state index >= 15 is 0 Å². The van der Waals surface area contributed by atoms with Crippen molar-refractivity contribution in [1.29, 1.82) is 0 Å². The lowest BCUT2D eigenvalue weighted by atomic mass is 9.30. The lowest BCUT2D eigenvalue weighted by Gasteiger charge is -2.74. The molecule has 0 bridgehead atoms. The van der Waals surface area contributed by atoms with Crippen molar-refractivity contribution < 1.29 is 19.8 Å². The maximum Gasteiger partial charge on any atom is 0.309 e. The standard InChI is InChI=1S/C30H46O4/c1-18-23(32)19(31)16-21-27(18,4)9-8-20-28(21,5)13-15-30(7)22-17-26(3,24(33)34)11-10-25(22,2)12-14-29(20,30)6/h16,18,20-22,31H,8-15,17H2,1-7H3,(H,33,34)/t18-,20-,21-,22+,25-,26-,27-,28-,29-,30+/m1/s1. The Morgan fingerprint density at radius 3 is 2.09 bits per heavy atom. The molecule has 2 N–H and O–H groups in total. The minimum absolute atomic E-state index is 0.0175. The molecule has 0 spiro atoms. The molecule has 0 radical (unpaired) electrons. The number of hydrogen-bond acceptors (Lipinski definition) is 3. The summed E-state index contributed by atoms with van der Waals surface area (Å²) in [5, 5.41) is 20.7. The number of carbonyl (C=O) groups excluding carboxylic acids is 1. The van der Waals surface area contributed by atoms with E-state index in [1.807, 2.05) is 19.9 Å². The maximum atomic E-state index is 12.7. The van der Waals surface area contributed by atoms with E-state index in [9.17, 15) is 19.8 Å². The number of allylic oxidation sites excluding steroid dienone is 2. The Morgan fingerprint density at radius 1 is 0.853 bits per heavy atom. The Kier molecular flexibility index (Phi) is 4.96. The SMILES string of the molecule is C[C@@H]1C(=O)C(O)=C[C@@H]2[C@]1(C)CC[C@@H]1[C@@]2(C)CC[C@@]2(C)[C@H]3C[C@](C)(C(=O)O)CC[C@]3(C)CC[C@]12C. The number of rotatable bonds is 1. The number of aliphatic carboxylic acids is 1. The van der Waals surface area contributed by atoms with E-state index in [1.54, 1.807) is 0 Å². The van der Waals surface area contributed by atoms with Gasteiger partial charge in [-0.2, -0.15) is 0 Å². The van der Waals surface area contributed by atoms with Gasteiger partial charge in [0.15, 0.2) is 11.5 Å². The van der Waals surface area contributed by atoms with Crippen molar-refractivity contribution in [3.05, 3.63) is 11.8 Å². The molecule has 0 aromatic carbocycles. The molecule has 0 heterocycles. The van der Waals surface area contributed by atoms with Crippen molar-refractivity contribution in [3.63, 3.8) is 0 Å². The van der Waals surface area contributed by atoms with Gasteiger partial charge in [-0.3, -0.25) is 9.59 Å². The predicted octanol–water partition coefficient (Wildman–Crippen LogP) is 7.18. The van der Waals surface area contributed by atoms with Crippen LogP contribution in [0.3, 0.4) is 0 Å². The fourth-order valence-corrected chi connectivity index (χ4v) is 10.7. The number of aliphatic hydroxyl groups excluding tert-OH is 1. The summed E-state index contributed by atoms with van der Waals surface area (Å²) >= 11 is 0. The Bertz CT molecular complexity index is 969. The molecule has 5 aliphatic carbocycles. The summed E-state index contributed by atoms with van der Waals surface area (Å²) in [5.74, 6) is 0.266. The van der Waals surface area contributed by atoms with Crippen LogP contribution in [-0.4, -0.2) is 22.0 Å². The zero-order valence-corrected chi connectivity index (χ0v) is 22.5. The molecule has 0 aromatic heterocycles. The normalized spacial score (nSPS) is 56.9. The predicted molar refractivity (Wildman–Crippen MR) is 133 cm³/mol. The average Bonchev–Trinajstić information content (AvgIpc) is 2.77. The first-order chi connectivity index (χ1) is 15.6. The van der Waals surface area contributed by atoms with Gasteiger partial charge in [-0.1, -0.05) is 41.5 Å². The number of carboxylic acid groups (broad SMARTS) is 1. The molecule has 34 heavy (non-hydrogen) atoms. The van der Waals surface area contributed by atoms with Gasteiger partial charge in [0.2, 0.25) is 0 Å². The van der Waals surface area contributed by atoms with Crippen LogP contribution in [0.15, 0.2) is 11.8 Å². The highest BCUT2D eigenvalue weighted by Crippen LogP contribution is 2.78. The van der Waals surface area contributed by atoms with Crippen LogP contribution < -0.4 is 0 Å². The van der Waals surface area contributed by atoms with Crippen molar-refractivity contribution in [2.24, 2.45) is 56.2 Å². The number of carbonyl (C=O) groups is 2. The molecule has 4 nitrogen and oxygen atoms in total. The second-order valence-electron chi connectivity index (χ2n) is 14.8. The van der Waals surface area contributed by atoms with Crippen LogP contribution in [0.4, 0.5) is 0 Å². The smallest absolute Gasteiger partial charge is 0.309 e. The van der Waals surface area contributed by atoms with E-state index < -0.39 is 11.4 Å². The topological polar surface area (TPSA) is 74.6 Å². The van der Waals surface area contributed by atoms with E-state index in [4.69, 9.17) is 0 Å². The van der Waals surface area contributed by atoms with Crippen molar-refractivity contribution in [3.8, 4) is 0 Å². The van der Waals surface area contributed by atoms with Gasteiger partial charge in [-0.25, -0.2) is 0 Å². The first-order valence-corrected chi connectivity index (χ1v) is 13.8. The number of Topliss-reactive ketones (excluding diaryl/α,β-unsaturated/α-hetero) is 1. The Labute approximate surface area is 206 Å². The van der Waals surface area contributed by atoms with Crippen LogP contribution in [0, 0.1) is 56.2 Å². The molecular weight excluding hydrogens is 424 g/mol. The zero-order valence-electron chi connectivity index (χ0n) is 22.5. The molecule has 0 unspecified atom stereocenters. The lowest BCUT2D eigenvalue weighted by molar-refractivity contribution is -0.249. The number of fused-ring (bicyclic) bond motifs is 7.